The molecule has 0 aliphatic carbocycles. The molecule has 4 nitrogen and oxygen atoms in total. The quantitative estimate of drug-likeness (QED) is 0.935. The van der Waals surface area contributed by atoms with Gasteiger partial charge in [0.15, 0.2) is 0 Å². The van der Waals surface area contributed by atoms with Crippen molar-refractivity contribution in [1.29, 1.82) is 0 Å². The summed E-state index contributed by atoms with van der Waals surface area (Å²) in [5.74, 6) is -1.76. The first-order valence-electron chi connectivity index (χ1n) is 7.42. The van der Waals surface area contributed by atoms with E-state index in [2.05, 4.69) is 0 Å². The highest BCUT2D eigenvalue weighted by Crippen LogP contribution is 2.30. The van der Waals surface area contributed by atoms with Gasteiger partial charge < -0.3 is 10.0 Å². The Hall–Kier alpha value is -2.21. The first-order chi connectivity index (χ1) is 11.0. The number of benzene rings is 1. The second-order valence-electron chi connectivity index (χ2n) is 5.60. The fraction of sp³-hybridized carbons (Fsp3) is 0.294. The largest absolute Gasteiger partial charge is 0.481 e. The van der Waals surface area contributed by atoms with Crippen LogP contribution in [0.2, 0.25) is 0 Å². The molecule has 1 aromatic carbocycles. The number of hydrogen-bond acceptors (Lipinski definition) is 3. The molecule has 1 aliphatic heterocycles. The van der Waals surface area contributed by atoms with Crippen LogP contribution in [0.25, 0.3) is 10.4 Å². The number of rotatable bonds is 3. The number of hydrogen-bond donors (Lipinski definition) is 1. The van der Waals surface area contributed by atoms with Crippen LogP contribution in [-0.2, 0) is 4.79 Å². The highest BCUT2D eigenvalue weighted by atomic mass is 32.1. The standard InChI is InChI=1S/C17H16FNO3S/c18-13-5-3-11(4-6-13)14-7-8-15(23-14)16(20)19-9-1-2-12(10-19)17(21)22/h3-8,12H,1-2,9-10H2,(H,21,22)/t12-/m0/s1. The Bertz CT molecular complexity index is 726. The Kier molecular flexibility index (Phi) is 4.43. The number of nitrogens with zero attached hydrogens (tertiary/aromatic N) is 1. The molecule has 2 heterocycles. The van der Waals surface area contributed by atoms with Gasteiger partial charge in [0.25, 0.3) is 5.91 Å². The van der Waals surface area contributed by atoms with Crippen molar-refractivity contribution in [3.05, 3.63) is 47.1 Å². The van der Waals surface area contributed by atoms with E-state index in [0.717, 1.165) is 10.4 Å². The van der Waals surface area contributed by atoms with Gasteiger partial charge in [-0.1, -0.05) is 12.1 Å². The number of amides is 1. The average molecular weight is 333 g/mol. The van der Waals surface area contributed by atoms with Crippen LogP contribution in [0.1, 0.15) is 22.5 Å². The smallest absolute Gasteiger partial charge is 0.308 e. The fourth-order valence-electron chi connectivity index (χ4n) is 2.74. The summed E-state index contributed by atoms with van der Waals surface area (Å²) in [4.78, 5) is 26.7. The van der Waals surface area contributed by atoms with Gasteiger partial charge in [-0.3, -0.25) is 9.59 Å². The van der Waals surface area contributed by atoms with Gasteiger partial charge >= 0.3 is 5.97 Å². The number of thiophene rings is 1. The van der Waals surface area contributed by atoms with E-state index in [1.165, 1.54) is 23.5 Å². The van der Waals surface area contributed by atoms with Crippen LogP contribution < -0.4 is 0 Å². The predicted molar refractivity (Wildman–Crippen MR) is 86.0 cm³/mol. The molecule has 2 aromatic rings. The van der Waals surface area contributed by atoms with Crippen molar-refractivity contribution in [2.75, 3.05) is 13.1 Å². The number of halogens is 1. The number of likely N-dealkylation sites (tertiary alicyclic amines) is 1. The Morgan fingerprint density at radius 3 is 2.61 bits per heavy atom. The zero-order valence-corrected chi connectivity index (χ0v) is 13.2. The van der Waals surface area contributed by atoms with E-state index in [1.54, 1.807) is 23.1 Å². The zero-order valence-electron chi connectivity index (χ0n) is 12.4. The van der Waals surface area contributed by atoms with Gasteiger partial charge in [-0.25, -0.2) is 4.39 Å². The summed E-state index contributed by atoms with van der Waals surface area (Å²) in [6, 6.07) is 9.71. The van der Waals surface area contributed by atoms with E-state index in [9.17, 15) is 14.0 Å². The van der Waals surface area contributed by atoms with Crippen molar-refractivity contribution >= 4 is 23.2 Å². The highest BCUT2D eigenvalue weighted by molar-refractivity contribution is 7.17. The van der Waals surface area contributed by atoms with E-state index >= 15 is 0 Å². The van der Waals surface area contributed by atoms with E-state index in [-0.39, 0.29) is 18.3 Å². The van der Waals surface area contributed by atoms with Crippen LogP contribution in [0.15, 0.2) is 36.4 Å². The molecule has 23 heavy (non-hydrogen) atoms. The van der Waals surface area contributed by atoms with Gasteiger partial charge in [0.05, 0.1) is 10.8 Å². The second kappa shape index (κ2) is 6.50. The molecule has 1 aromatic heterocycles. The van der Waals surface area contributed by atoms with Gasteiger partial charge in [0.1, 0.15) is 5.82 Å². The van der Waals surface area contributed by atoms with Crippen LogP contribution in [0.3, 0.4) is 0 Å². The maximum absolute atomic E-state index is 13.0. The molecule has 1 amide bonds. The minimum absolute atomic E-state index is 0.130. The van der Waals surface area contributed by atoms with Crippen molar-refractivity contribution in [1.82, 2.24) is 4.90 Å². The van der Waals surface area contributed by atoms with Crippen molar-refractivity contribution in [3.8, 4) is 10.4 Å². The topological polar surface area (TPSA) is 57.6 Å². The van der Waals surface area contributed by atoms with Gasteiger partial charge in [-0.05, 0) is 42.7 Å². The third kappa shape index (κ3) is 3.42. The maximum atomic E-state index is 13.0. The van der Waals surface area contributed by atoms with Crippen LogP contribution in [-0.4, -0.2) is 35.0 Å². The van der Waals surface area contributed by atoms with E-state index < -0.39 is 11.9 Å². The number of carbonyl (C=O) groups is 2. The van der Waals surface area contributed by atoms with E-state index in [0.29, 0.717) is 24.3 Å². The lowest BCUT2D eigenvalue weighted by Crippen LogP contribution is -2.42. The Morgan fingerprint density at radius 2 is 1.91 bits per heavy atom. The minimum Gasteiger partial charge on any atom is -0.481 e. The van der Waals surface area contributed by atoms with E-state index in [1.807, 2.05) is 6.07 Å². The number of aliphatic carboxylic acids is 1. The third-order valence-corrected chi connectivity index (χ3v) is 5.13. The van der Waals surface area contributed by atoms with Crippen molar-refractivity contribution in [3.63, 3.8) is 0 Å². The summed E-state index contributed by atoms with van der Waals surface area (Å²) in [5, 5.41) is 9.12. The first-order valence-corrected chi connectivity index (χ1v) is 8.24. The van der Waals surface area contributed by atoms with Gasteiger partial charge in [0.2, 0.25) is 0 Å². The third-order valence-electron chi connectivity index (χ3n) is 4.00. The zero-order chi connectivity index (χ0) is 16.4. The maximum Gasteiger partial charge on any atom is 0.308 e. The van der Waals surface area contributed by atoms with Crippen molar-refractivity contribution in [2.45, 2.75) is 12.8 Å². The Balaban J connectivity index is 1.75. The van der Waals surface area contributed by atoms with Gasteiger partial charge in [0, 0.05) is 18.0 Å². The summed E-state index contributed by atoms with van der Waals surface area (Å²) in [7, 11) is 0. The highest BCUT2D eigenvalue weighted by Gasteiger charge is 2.29. The summed E-state index contributed by atoms with van der Waals surface area (Å²) >= 11 is 1.34. The Morgan fingerprint density at radius 1 is 1.17 bits per heavy atom. The molecular weight excluding hydrogens is 317 g/mol. The summed E-state index contributed by atoms with van der Waals surface area (Å²) < 4.78 is 13.0. The molecule has 6 heteroatoms. The number of carboxylic acid groups (broad SMARTS) is 1. The average Bonchev–Trinajstić information content (AvgIpc) is 3.05. The molecule has 120 valence electrons. The lowest BCUT2D eigenvalue weighted by Gasteiger charge is -2.30. The molecule has 1 fully saturated rings. The molecule has 0 saturated carbocycles. The molecule has 0 radical (unpaired) electrons. The monoisotopic (exact) mass is 333 g/mol. The molecule has 1 atom stereocenters. The Labute approximate surface area is 137 Å². The van der Waals surface area contributed by atoms with Gasteiger partial charge in [-0.15, -0.1) is 11.3 Å². The molecule has 3 rings (SSSR count). The summed E-state index contributed by atoms with van der Waals surface area (Å²) in [5.41, 5.74) is 0.859. The minimum atomic E-state index is -0.847. The fourth-order valence-corrected chi connectivity index (χ4v) is 3.72. The van der Waals surface area contributed by atoms with Crippen molar-refractivity contribution < 1.29 is 19.1 Å². The molecule has 1 saturated heterocycles. The first kappa shape index (κ1) is 15.7. The molecule has 0 spiro atoms. The summed E-state index contributed by atoms with van der Waals surface area (Å²) in [6.45, 7) is 0.852. The predicted octanol–water partition coefficient (Wildman–Crippen LogP) is 3.49. The molecule has 1 N–H and O–H groups in total. The molecule has 0 bridgehead atoms. The van der Waals surface area contributed by atoms with Crippen LogP contribution in [0, 0.1) is 11.7 Å². The lowest BCUT2D eigenvalue weighted by molar-refractivity contribution is -0.143. The molecule has 1 aliphatic rings. The normalized spacial score (nSPS) is 18.0. The second-order valence-corrected chi connectivity index (χ2v) is 6.68. The number of piperidine rings is 1. The van der Waals surface area contributed by atoms with Crippen molar-refractivity contribution in [2.24, 2.45) is 5.92 Å². The summed E-state index contributed by atoms with van der Waals surface area (Å²) in [6.07, 6.45) is 1.32. The SMILES string of the molecule is O=C(O)[C@H]1CCCN(C(=O)c2ccc(-c3ccc(F)cc3)s2)C1. The lowest BCUT2D eigenvalue weighted by atomic mass is 9.98. The van der Waals surface area contributed by atoms with Crippen LogP contribution in [0.4, 0.5) is 4.39 Å². The van der Waals surface area contributed by atoms with Gasteiger partial charge in [-0.2, -0.15) is 0 Å². The number of carbonyl (C=O) groups excluding carboxylic acids is 1. The van der Waals surface area contributed by atoms with Crippen LogP contribution >= 0.6 is 11.3 Å². The number of carboxylic acids is 1. The molecular formula is C17H16FNO3S. The van der Waals surface area contributed by atoms with Crippen LogP contribution in [0.5, 0.6) is 0 Å². The molecule has 0 unspecified atom stereocenters. The van der Waals surface area contributed by atoms with E-state index in [4.69, 9.17) is 5.11 Å².